The molecule has 1 rings (SSSR count). The standard InChI is InChI=1S/C9H10O4S/c1-14(11,12)9-4-2-3-8(7-9)13-6-5-10/h2-5,7H,6H2,1H3. The van der Waals surface area contributed by atoms with E-state index in [1.54, 1.807) is 12.1 Å². The zero-order chi connectivity index (χ0) is 10.6. The van der Waals surface area contributed by atoms with Crippen LogP contribution < -0.4 is 4.74 Å². The average Bonchev–Trinajstić information content (AvgIpc) is 2.14. The van der Waals surface area contributed by atoms with Crippen molar-refractivity contribution in [3.05, 3.63) is 24.3 Å². The second kappa shape index (κ2) is 4.23. The molecule has 0 aromatic heterocycles. The van der Waals surface area contributed by atoms with Gasteiger partial charge in [-0.2, -0.15) is 0 Å². The lowest BCUT2D eigenvalue weighted by Gasteiger charge is -2.03. The first-order valence-electron chi connectivity index (χ1n) is 3.90. The van der Waals surface area contributed by atoms with Crippen LogP contribution in [0.2, 0.25) is 0 Å². The fourth-order valence-electron chi connectivity index (χ4n) is 0.925. The second-order valence-electron chi connectivity index (χ2n) is 2.72. The molecule has 5 heteroatoms. The molecule has 0 spiro atoms. The van der Waals surface area contributed by atoms with Gasteiger partial charge in [0.2, 0.25) is 0 Å². The van der Waals surface area contributed by atoms with E-state index in [2.05, 4.69) is 0 Å². The number of benzene rings is 1. The van der Waals surface area contributed by atoms with E-state index in [-0.39, 0.29) is 11.5 Å². The Morgan fingerprint density at radius 3 is 2.71 bits per heavy atom. The highest BCUT2D eigenvalue weighted by Gasteiger charge is 2.07. The Balaban J connectivity index is 2.95. The Kier molecular flexibility index (Phi) is 3.24. The van der Waals surface area contributed by atoms with Crippen LogP contribution >= 0.6 is 0 Å². The van der Waals surface area contributed by atoms with Crippen LogP contribution in [0, 0.1) is 0 Å². The van der Waals surface area contributed by atoms with Crippen molar-refractivity contribution in [1.82, 2.24) is 0 Å². The average molecular weight is 214 g/mol. The third-order valence-electron chi connectivity index (χ3n) is 1.55. The Morgan fingerprint density at radius 1 is 1.43 bits per heavy atom. The van der Waals surface area contributed by atoms with Crippen LogP contribution in [0.15, 0.2) is 29.2 Å². The van der Waals surface area contributed by atoms with Gasteiger partial charge in [-0.15, -0.1) is 0 Å². The first-order chi connectivity index (χ1) is 6.54. The van der Waals surface area contributed by atoms with Gasteiger partial charge in [0.05, 0.1) is 4.90 Å². The monoisotopic (exact) mass is 214 g/mol. The van der Waals surface area contributed by atoms with Crippen LogP contribution in [0.5, 0.6) is 5.75 Å². The van der Waals surface area contributed by atoms with Crippen LogP contribution in [0.1, 0.15) is 0 Å². The minimum Gasteiger partial charge on any atom is -0.486 e. The quantitative estimate of drug-likeness (QED) is 0.691. The molecular formula is C9H10O4S. The molecule has 0 aliphatic rings. The third-order valence-corrected chi connectivity index (χ3v) is 2.66. The van der Waals surface area contributed by atoms with Gasteiger partial charge >= 0.3 is 0 Å². The molecule has 0 radical (unpaired) electrons. The predicted molar refractivity (Wildman–Crippen MR) is 51.1 cm³/mol. The van der Waals surface area contributed by atoms with Gasteiger partial charge < -0.3 is 4.74 Å². The van der Waals surface area contributed by atoms with Crippen LogP contribution in [-0.2, 0) is 14.6 Å². The summed E-state index contributed by atoms with van der Waals surface area (Å²) in [5, 5.41) is 0. The molecule has 0 saturated heterocycles. The number of hydrogen-bond donors (Lipinski definition) is 0. The van der Waals surface area contributed by atoms with Gasteiger partial charge in [0.15, 0.2) is 16.1 Å². The maximum absolute atomic E-state index is 11.1. The summed E-state index contributed by atoms with van der Waals surface area (Å²) in [6.45, 7) is -0.0762. The van der Waals surface area contributed by atoms with E-state index < -0.39 is 9.84 Å². The Hall–Kier alpha value is -1.36. The van der Waals surface area contributed by atoms with Gasteiger partial charge in [0.1, 0.15) is 12.4 Å². The number of aldehydes is 1. The molecule has 0 saturated carbocycles. The van der Waals surface area contributed by atoms with E-state index in [0.29, 0.717) is 12.0 Å². The van der Waals surface area contributed by atoms with Gasteiger partial charge in [-0.05, 0) is 18.2 Å². The highest BCUT2D eigenvalue weighted by Crippen LogP contribution is 2.16. The van der Waals surface area contributed by atoms with Gasteiger partial charge in [0.25, 0.3) is 0 Å². The molecule has 0 bridgehead atoms. The van der Waals surface area contributed by atoms with E-state index in [0.717, 1.165) is 6.26 Å². The van der Waals surface area contributed by atoms with E-state index in [1.807, 2.05) is 0 Å². The number of ether oxygens (including phenoxy) is 1. The Bertz CT molecular complexity index is 422. The Morgan fingerprint density at radius 2 is 2.14 bits per heavy atom. The summed E-state index contributed by atoms with van der Waals surface area (Å²) in [5.74, 6) is 0.375. The fraction of sp³-hybridized carbons (Fsp3) is 0.222. The third kappa shape index (κ3) is 2.85. The smallest absolute Gasteiger partial charge is 0.175 e. The molecular weight excluding hydrogens is 204 g/mol. The molecule has 1 aromatic carbocycles. The molecule has 0 fully saturated rings. The molecule has 0 heterocycles. The van der Waals surface area contributed by atoms with Crippen molar-refractivity contribution in [1.29, 1.82) is 0 Å². The van der Waals surface area contributed by atoms with Crippen LogP contribution in [-0.4, -0.2) is 27.6 Å². The summed E-state index contributed by atoms with van der Waals surface area (Å²) in [4.78, 5) is 10.2. The lowest BCUT2D eigenvalue weighted by atomic mass is 10.3. The number of rotatable bonds is 4. The topological polar surface area (TPSA) is 60.4 Å². The molecule has 4 nitrogen and oxygen atoms in total. The van der Waals surface area contributed by atoms with Crippen LogP contribution in [0.25, 0.3) is 0 Å². The van der Waals surface area contributed by atoms with Crippen molar-refractivity contribution in [2.45, 2.75) is 4.90 Å². The second-order valence-corrected chi connectivity index (χ2v) is 4.74. The summed E-state index contributed by atoms with van der Waals surface area (Å²) in [7, 11) is -3.22. The lowest BCUT2D eigenvalue weighted by Crippen LogP contribution is -2.00. The molecule has 0 N–H and O–H groups in total. The molecule has 0 atom stereocenters. The summed E-state index contributed by atoms with van der Waals surface area (Å²) in [6, 6.07) is 6.02. The van der Waals surface area contributed by atoms with Gasteiger partial charge in [0, 0.05) is 6.26 Å². The SMILES string of the molecule is CS(=O)(=O)c1cccc(OCC=O)c1. The molecule has 1 aromatic rings. The van der Waals surface area contributed by atoms with Gasteiger partial charge in [-0.1, -0.05) is 6.07 Å². The van der Waals surface area contributed by atoms with Gasteiger partial charge in [-0.25, -0.2) is 8.42 Å². The van der Waals surface area contributed by atoms with Crippen molar-refractivity contribution in [2.24, 2.45) is 0 Å². The molecule has 0 amide bonds. The number of hydrogen-bond acceptors (Lipinski definition) is 4. The highest BCUT2D eigenvalue weighted by molar-refractivity contribution is 7.90. The number of sulfone groups is 1. The largest absolute Gasteiger partial charge is 0.486 e. The maximum atomic E-state index is 11.1. The zero-order valence-corrected chi connectivity index (χ0v) is 8.45. The molecule has 0 aliphatic heterocycles. The lowest BCUT2D eigenvalue weighted by molar-refractivity contribution is -0.109. The molecule has 0 unspecified atom stereocenters. The highest BCUT2D eigenvalue weighted by atomic mass is 32.2. The van der Waals surface area contributed by atoms with E-state index in [4.69, 9.17) is 4.74 Å². The van der Waals surface area contributed by atoms with Crippen LogP contribution in [0.4, 0.5) is 0 Å². The predicted octanol–water partition coefficient (Wildman–Crippen LogP) is 0.668. The minimum atomic E-state index is -3.22. The molecule has 14 heavy (non-hydrogen) atoms. The van der Waals surface area contributed by atoms with Crippen molar-refractivity contribution < 1.29 is 17.9 Å². The summed E-state index contributed by atoms with van der Waals surface area (Å²) in [5.41, 5.74) is 0. The van der Waals surface area contributed by atoms with Crippen molar-refractivity contribution in [3.8, 4) is 5.75 Å². The Labute approximate surface area is 82.4 Å². The minimum absolute atomic E-state index is 0.0762. The first-order valence-corrected chi connectivity index (χ1v) is 5.80. The molecule has 76 valence electrons. The molecule has 0 aliphatic carbocycles. The first kappa shape index (κ1) is 10.7. The van der Waals surface area contributed by atoms with Crippen molar-refractivity contribution in [2.75, 3.05) is 12.9 Å². The fourth-order valence-corrected chi connectivity index (χ4v) is 1.58. The van der Waals surface area contributed by atoms with Crippen molar-refractivity contribution in [3.63, 3.8) is 0 Å². The van der Waals surface area contributed by atoms with E-state index in [1.165, 1.54) is 12.1 Å². The van der Waals surface area contributed by atoms with Crippen molar-refractivity contribution >= 4 is 16.1 Å². The van der Waals surface area contributed by atoms with E-state index >= 15 is 0 Å². The zero-order valence-electron chi connectivity index (χ0n) is 7.64. The number of carbonyl (C=O) groups is 1. The summed E-state index contributed by atoms with van der Waals surface area (Å²) in [6.07, 6.45) is 1.72. The summed E-state index contributed by atoms with van der Waals surface area (Å²) >= 11 is 0. The van der Waals surface area contributed by atoms with Gasteiger partial charge in [-0.3, -0.25) is 4.79 Å². The maximum Gasteiger partial charge on any atom is 0.175 e. The van der Waals surface area contributed by atoms with E-state index in [9.17, 15) is 13.2 Å². The van der Waals surface area contributed by atoms with Crippen LogP contribution in [0.3, 0.4) is 0 Å². The summed E-state index contributed by atoms with van der Waals surface area (Å²) < 4.78 is 27.2. The number of carbonyl (C=O) groups excluding carboxylic acids is 1. The normalized spacial score (nSPS) is 10.9.